The Hall–Kier alpha value is -5.75. The Morgan fingerprint density at radius 2 is 1.72 bits per heavy atom. The molecule has 2 saturated heterocycles. The van der Waals surface area contributed by atoms with Crippen molar-refractivity contribution in [1.82, 2.24) is 35.5 Å². The molecule has 0 saturated carbocycles. The number of oxazole rings is 1. The van der Waals surface area contributed by atoms with Crippen molar-refractivity contribution >= 4 is 91.0 Å². The molecule has 0 aliphatic carbocycles. The Kier molecular flexibility index (Phi) is 14.9. The van der Waals surface area contributed by atoms with Gasteiger partial charge in [0.05, 0.1) is 28.0 Å². The van der Waals surface area contributed by atoms with Gasteiger partial charge in [-0.3, -0.25) is 24.5 Å². The zero-order valence-corrected chi connectivity index (χ0v) is 41.2. The third-order valence-electron chi connectivity index (χ3n) is 12.4. The van der Waals surface area contributed by atoms with Crippen molar-refractivity contribution in [3.05, 3.63) is 92.1 Å². The third kappa shape index (κ3) is 10.5. The van der Waals surface area contributed by atoms with Crippen LogP contribution in [0.5, 0.6) is 5.75 Å². The van der Waals surface area contributed by atoms with E-state index in [1.807, 2.05) is 31.2 Å². The average molecular weight is 1020 g/mol. The number of hydrogen-bond donors (Lipinski definition) is 5. The fraction of sp³-hybridized carbons (Fsp3) is 0.417. The van der Waals surface area contributed by atoms with Gasteiger partial charge in [0.25, 0.3) is 0 Å². The number of carbonyl (C=O) groups excluding carboxylic acids is 2. The number of carbonyl (C=O) groups is 2. The van der Waals surface area contributed by atoms with Gasteiger partial charge in [-0.1, -0.05) is 19.9 Å². The molecule has 3 aromatic heterocycles. The first-order valence-electron chi connectivity index (χ1n) is 23.1. The number of piperidine rings is 2. The molecule has 0 radical (unpaired) electrons. The van der Waals surface area contributed by atoms with Crippen LogP contribution in [-0.4, -0.2) is 90.0 Å². The van der Waals surface area contributed by atoms with Gasteiger partial charge in [-0.2, -0.15) is 4.98 Å². The number of imide groups is 1. The molecule has 2 aliphatic rings. The molecule has 2 aliphatic heterocycles. The average Bonchev–Trinajstić information content (AvgIpc) is 3.66. The maximum Gasteiger partial charge on any atom is 0.420 e. The molecule has 1 unspecified atom stereocenters. The number of pyridine rings is 1. The van der Waals surface area contributed by atoms with E-state index in [9.17, 15) is 23.3 Å². The van der Waals surface area contributed by atoms with Crippen LogP contribution in [0.3, 0.4) is 0 Å². The molecular weight excluding hydrogens is 961 g/mol. The minimum atomic E-state index is -2.76. The van der Waals surface area contributed by atoms with Gasteiger partial charge in [0, 0.05) is 78.5 Å². The first-order chi connectivity index (χ1) is 32.7. The highest BCUT2D eigenvalue weighted by Gasteiger charge is 2.34. The second kappa shape index (κ2) is 20.9. The summed E-state index contributed by atoms with van der Waals surface area (Å²) in [7, 11) is -2.76. The second-order valence-electron chi connectivity index (χ2n) is 17.4. The number of nitrogens with one attached hydrogen (secondary N) is 5. The van der Waals surface area contributed by atoms with Gasteiger partial charge in [-0.05, 0) is 117 Å². The highest BCUT2D eigenvalue weighted by molar-refractivity contribution is 9.10. The molecule has 2 amide bonds. The van der Waals surface area contributed by atoms with E-state index < -0.39 is 47.9 Å². The summed E-state index contributed by atoms with van der Waals surface area (Å²) in [6, 6.07) is 12.1. The van der Waals surface area contributed by atoms with Gasteiger partial charge in [-0.25, -0.2) is 18.6 Å². The largest absolute Gasteiger partial charge is 0.492 e. The Bertz CT molecular complexity index is 2990. The number of anilines is 5. The van der Waals surface area contributed by atoms with Gasteiger partial charge in [0.1, 0.15) is 30.3 Å². The van der Waals surface area contributed by atoms with Crippen molar-refractivity contribution in [2.45, 2.75) is 77.8 Å². The normalized spacial score (nSPS) is 15.9. The predicted octanol–water partition coefficient (Wildman–Crippen LogP) is 7.60. The lowest BCUT2D eigenvalue weighted by Gasteiger charge is -2.35. The Morgan fingerprint density at radius 3 is 2.44 bits per heavy atom. The van der Waals surface area contributed by atoms with Crippen molar-refractivity contribution in [3.63, 3.8) is 0 Å². The minimum Gasteiger partial charge on any atom is -0.492 e. The maximum atomic E-state index is 15.1. The van der Waals surface area contributed by atoms with E-state index >= 15 is 4.39 Å². The number of halogens is 3. The summed E-state index contributed by atoms with van der Waals surface area (Å²) in [4.78, 5) is 53.5. The lowest BCUT2D eigenvalue weighted by atomic mass is 10.0. The summed E-state index contributed by atoms with van der Waals surface area (Å²) in [6.07, 6.45) is 5.30. The topological polar surface area (TPSA) is 198 Å². The fourth-order valence-electron chi connectivity index (χ4n) is 9.07. The van der Waals surface area contributed by atoms with E-state index in [0.717, 1.165) is 82.9 Å². The minimum absolute atomic E-state index is 0.0259. The van der Waals surface area contributed by atoms with Gasteiger partial charge in [0.2, 0.25) is 17.8 Å². The van der Waals surface area contributed by atoms with Crippen LogP contribution in [0.4, 0.5) is 37.6 Å². The van der Waals surface area contributed by atoms with Crippen molar-refractivity contribution in [2.75, 3.05) is 68.2 Å². The molecule has 20 heteroatoms. The summed E-state index contributed by atoms with van der Waals surface area (Å²) in [6.45, 7) is 13.5. The molecule has 1 atom stereocenters. The number of rotatable bonds is 18. The number of hydrogen-bond acceptors (Lipinski definition) is 14. The smallest absolute Gasteiger partial charge is 0.420 e. The van der Waals surface area contributed by atoms with Crippen molar-refractivity contribution in [1.29, 1.82) is 0 Å². The fourth-order valence-corrected chi connectivity index (χ4v) is 10.8. The second-order valence-corrected chi connectivity index (χ2v) is 21.4. The number of aryl methyl sites for hydroxylation is 2. The standard InChI is InChI=1S/C48H56BrF2N10O6P/c1-6-27-24-36(57-47-54-26-32(49)45(59-47)56-35-12-11-34-31(44(35)68(4,5)65)10-9-29(7-2)55-34)39(66-8-3)25-38(27)60-21-16-30(17-22-60)53-20-19-52-18-15-28-23-33(50)41(51)42-43(28)67-48(64)61(42)37-13-14-40(62)58-46(37)63/h9-12,23-26,30,37,52-53H,6-8,13-22H2,1-5H3,(H,58,62,63)(H2,54,56,57,59). The van der Waals surface area contributed by atoms with Crippen molar-refractivity contribution in [3.8, 4) is 5.75 Å². The van der Waals surface area contributed by atoms with Crippen LogP contribution >= 0.6 is 23.1 Å². The highest BCUT2D eigenvalue weighted by atomic mass is 79.9. The molecule has 68 heavy (non-hydrogen) atoms. The molecule has 16 nitrogen and oxygen atoms in total. The SMILES string of the molecule is CCOc1cc(N2CCC(NCCNCCc3cc(F)c(F)c4c3oc(=O)n4C3CCC(=O)NC3=O)CC2)c(CC)cc1Nc1ncc(Br)c(Nc2ccc3nc(CC)ccc3c2P(C)(C)=O)n1. The first kappa shape index (κ1) is 48.7. The molecule has 360 valence electrons. The van der Waals surface area contributed by atoms with Crippen LogP contribution in [0.1, 0.15) is 69.3 Å². The van der Waals surface area contributed by atoms with Crippen LogP contribution in [0.15, 0.2) is 62.3 Å². The molecule has 2 fully saturated rings. The van der Waals surface area contributed by atoms with Crippen LogP contribution in [-0.2, 0) is 33.4 Å². The van der Waals surface area contributed by atoms with E-state index in [-0.39, 0.29) is 24.8 Å². The number of amides is 2. The summed E-state index contributed by atoms with van der Waals surface area (Å²) in [5, 5.41) is 17.5. The zero-order valence-electron chi connectivity index (χ0n) is 38.7. The summed E-state index contributed by atoms with van der Waals surface area (Å²) < 4.78 is 56.6. The Morgan fingerprint density at radius 1 is 0.926 bits per heavy atom. The lowest BCUT2D eigenvalue weighted by molar-refractivity contribution is -0.135. The molecule has 0 spiro atoms. The van der Waals surface area contributed by atoms with Crippen LogP contribution in [0.25, 0.3) is 22.0 Å². The number of fused-ring (bicyclic) bond motifs is 2. The summed E-state index contributed by atoms with van der Waals surface area (Å²) >= 11 is 3.61. The van der Waals surface area contributed by atoms with Gasteiger partial charge in [-0.15, -0.1) is 0 Å². The number of ether oxygens (including phenoxy) is 1. The number of aromatic nitrogens is 4. The van der Waals surface area contributed by atoms with Crippen LogP contribution in [0, 0.1) is 11.6 Å². The quantitative estimate of drug-likeness (QED) is 0.0321. The van der Waals surface area contributed by atoms with E-state index in [1.165, 1.54) is 0 Å². The monoisotopic (exact) mass is 1020 g/mol. The van der Waals surface area contributed by atoms with Crippen LogP contribution in [0.2, 0.25) is 0 Å². The van der Waals surface area contributed by atoms with E-state index in [0.29, 0.717) is 70.8 Å². The number of benzene rings is 3. The molecule has 3 aromatic carbocycles. The molecular formula is C48H56BrF2N10O6P. The molecule has 8 rings (SSSR count). The lowest BCUT2D eigenvalue weighted by Crippen LogP contribution is -2.44. The highest BCUT2D eigenvalue weighted by Crippen LogP contribution is 2.42. The van der Waals surface area contributed by atoms with Gasteiger partial charge < -0.3 is 39.9 Å². The number of nitrogens with zero attached hydrogens (tertiary/aromatic N) is 5. The van der Waals surface area contributed by atoms with E-state index in [1.54, 1.807) is 19.5 Å². The Labute approximate surface area is 400 Å². The maximum absolute atomic E-state index is 15.1. The van der Waals surface area contributed by atoms with Crippen molar-refractivity contribution < 1.29 is 32.1 Å². The van der Waals surface area contributed by atoms with Gasteiger partial charge >= 0.3 is 5.76 Å². The van der Waals surface area contributed by atoms with Gasteiger partial charge in [0.15, 0.2) is 17.2 Å². The zero-order chi connectivity index (χ0) is 48.3. The molecule has 0 bridgehead atoms. The molecule has 5 N–H and O–H groups in total. The summed E-state index contributed by atoms with van der Waals surface area (Å²) in [5.41, 5.74) is 5.23. The molecule has 5 heterocycles. The van der Waals surface area contributed by atoms with Crippen LogP contribution < -0.4 is 47.3 Å². The van der Waals surface area contributed by atoms with Crippen molar-refractivity contribution in [2.24, 2.45) is 0 Å². The van der Waals surface area contributed by atoms with E-state index in [4.69, 9.17) is 19.1 Å². The molecule has 6 aromatic rings. The third-order valence-corrected chi connectivity index (χ3v) is 14.6. The first-order valence-corrected chi connectivity index (χ1v) is 26.5. The predicted molar refractivity (Wildman–Crippen MR) is 265 cm³/mol. The Balaban J connectivity index is 0.873. The summed E-state index contributed by atoms with van der Waals surface area (Å²) in [5.74, 6) is -3.14. The van der Waals surface area contributed by atoms with E-state index in [2.05, 4.69) is 78.4 Å².